The Balaban J connectivity index is 3.00. The van der Waals surface area contributed by atoms with Gasteiger partial charge in [-0.05, 0) is 0 Å². The third-order valence-corrected chi connectivity index (χ3v) is 5.13. The average Bonchev–Trinajstić information content (AvgIpc) is 1.88. The molecular formula is C7H7BrSiZr+2. The monoisotopic (exact) mass is 288 g/mol. The first-order valence-corrected chi connectivity index (χ1v) is 9.49. The van der Waals surface area contributed by atoms with Crippen molar-refractivity contribution in [2.24, 2.45) is 0 Å². The van der Waals surface area contributed by atoms with Crippen LogP contribution < -0.4 is 5.19 Å². The number of benzene rings is 1. The van der Waals surface area contributed by atoms with Crippen molar-refractivity contribution in [2.45, 2.75) is 6.55 Å². The van der Waals surface area contributed by atoms with Gasteiger partial charge in [0, 0.05) is 0 Å². The van der Waals surface area contributed by atoms with Crippen LogP contribution in [0.1, 0.15) is 0 Å². The van der Waals surface area contributed by atoms with E-state index in [2.05, 4.69) is 46.7 Å². The summed E-state index contributed by atoms with van der Waals surface area (Å²) in [5, 5.41) is 1.53. The molecule has 0 spiro atoms. The molecule has 0 radical (unpaired) electrons. The van der Waals surface area contributed by atoms with Crippen molar-refractivity contribution in [3.63, 3.8) is 0 Å². The molecule has 0 saturated carbocycles. The topological polar surface area (TPSA) is 0 Å². The van der Waals surface area contributed by atoms with Crippen LogP contribution in [0, 0.1) is 0 Å². The predicted molar refractivity (Wildman–Crippen MR) is 45.4 cm³/mol. The van der Waals surface area contributed by atoms with Gasteiger partial charge < -0.3 is 0 Å². The molecule has 0 saturated heterocycles. The molecule has 0 aliphatic heterocycles. The molecule has 0 aliphatic rings. The Labute approximate surface area is 84.5 Å². The van der Waals surface area contributed by atoms with Crippen molar-refractivity contribution in [1.29, 1.82) is 0 Å². The molecule has 0 aliphatic carbocycles. The summed E-state index contributed by atoms with van der Waals surface area (Å²) in [6.07, 6.45) is 0. The molecule has 0 N–H and O–H groups in total. The van der Waals surface area contributed by atoms with E-state index in [9.17, 15) is 0 Å². The molecule has 0 amide bonds. The minimum atomic E-state index is -0.160. The van der Waals surface area contributed by atoms with E-state index >= 15 is 0 Å². The average molecular weight is 290 g/mol. The van der Waals surface area contributed by atoms with Crippen LogP contribution in [0.2, 0.25) is 6.55 Å². The van der Waals surface area contributed by atoms with E-state index in [4.69, 9.17) is 0 Å². The van der Waals surface area contributed by atoms with Crippen LogP contribution in [-0.2, 0) is 23.3 Å². The van der Waals surface area contributed by atoms with Gasteiger partial charge in [0.1, 0.15) is 0 Å². The van der Waals surface area contributed by atoms with Gasteiger partial charge in [0.15, 0.2) is 0 Å². The number of hydrogen-bond acceptors (Lipinski definition) is 0. The Morgan fingerprint density at radius 1 is 1.30 bits per heavy atom. The number of hydrogen-bond donors (Lipinski definition) is 0. The summed E-state index contributed by atoms with van der Waals surface area (Å²) in [6.45, 7) is 2.34. The fraction of sp³-hybridized carbons (Fsp3) is 0.143. The molecule has 0 unspecified atom stereocenters. The Morgan fingerprint density at radius 2 is 1.80 bits per heavy atom. The van der Waals surface area contributed by atoms with Crippen molar-refractivity contribution in [3.8, 4) is 0 Å². The first-order chi connectivity index (χ1) is 4.70. The zero-order chi connectivity index (χ0) is 7.56. The molecule has 0 atom stereocenters. The predicted octanol–water partition coefficient (Wildman–Crippen LogP) is 1.82. The van der Waals surface area contributed by atoms with Gasteiger partial charge in [-0.2, -0.15) is 0 Å². The molecule has 1 aromatic rings. The molecule has 0 bridgehead atoms. The standard InChI is InChI=1S/C7H7BrSi.Zr/c1-9-7-4-2-6(8)3-5-7;/h2-5H,1H3;/q;+2. The van der Waals surface area contributed by atoms with Crippen molar-refractivity contribution in [2.75, 3.05) is 0 Å². The Hall–Kier alpha value is 0.800. The molecule has 1 aromatic carbocycles. The van der Waals surface area contributed by atoms with Gasteiger partial charge in [-0.3, -0.25) is 0 Å². The molecule has 0 fully saturated rings. The molecule has 1 rings (SSSR count). The quantitative estimate of drug-likeness (QED) is 0.692. The van der Waals surface area contributed by atoms with Crippen LogP contribution >= 0.6 is 15.9 Å². The summed E-state index contributed by atoms with van der Waals surface area (Å²) >= 11 is 5.09. The molecule has 48 valence electrons. The number of halogens is 1. The summed E-state index contributed by atoms with van der Waals surface area (Å²) in [6, 6.07) is 8.67. The summed E-state index contributed by atoms with van der Waals surface area (Å²) in [5.74, 6) is 0. The van der Waals surface area contributed by atoms with Gasteiger partial charge >= 0.3 is 85.2 Å². The van der Waals surface area contributed by atoms with Crippen molar-refractivity contribution in [1.82, 2.24) is 0 Å². The Bertz CT molecular complexity index is 242. The van der Waals surface area contributed by atoms with E-state index in [1.54, 1.807) is 23.3 Å². The second kappa shape index (κ2) is 3.99. The Morgan fingerprint density at radius 3 is 2.20 bits per heavy atom. The van der Waals surface area contributed by atoms with E-state index in [0.717, 1.165) is 0 Å². The maximum atomic E-state index is 3.41. The molecule has 10 heavy (non-hydrogen) atoms. The van der Waals surface area contributed by atoms with Gasteiger partial charge in [-0.1, -0.05) is 0 Å². The fourth-order valence-electron chi connectivity index (χ4n) is 0.700. The van der Waals surface area contributed by atoms with E-state index in [0.29, 0.717) is 0 Å². The van der Waals surface area contributed by atoms with Gasteiger partial charge in [-0.25, -0.2) is 0 Å². The maximum absolute atomic E-state index is 3.41. The third kappa shape index (κ3) is 2.44. The van der Waals surface area contributed by atoms with Gasteiger partial charge in [0.25, 0.3) is 0 Å². The molecular weight excluding hydrogens is 283 g/mol. The summed E-state index contributed by atoms with van der Waals surface area (Å²) in [7, 11) is 0. The van der Waals surface area contributed by atoms with Crippen LogP contribution in [0.5, 0.6) is 0 Å². The molecule has 0 aromatic heterocycles. The van der Waals surface area contributed by atoms with Crippen molar-refractivity contribution in [3.05, 3.63) is 28.7 Å². The Kier molecular flexibility index (Phi) is 3.54. The first kappa shape index (κ1) is 8.89. The summed E-state index contributed by atoms with van der Waals surface area (Å²) in [4.78, 5) is 0. The number of rotatable bonds is 1. The third-order valence-electron chi connectivity index (χ3n) is 1.28. The second-order valence-corrected chi connectivity index (χ2v) is 10.4. The van der Waals surface area contributed by atoms with Gasteiger partial charge in [0.05, 0.1) is 0 Å². The van der Waals surface area contributed by atoms with E-state index in [1.807, 2.05) is 0 Å². The van der Waals surface area contributed by atoms with E-state index < -0.39 is 0 Å². The van der Waals surface area contributed by atoms with Crippen LogP contribution in [-0.4, -0.2) is 5.43 Å². The second-order valence-electron chi connectivity index (χ2n) is 2.13. The van der Waals surface area contributed by atoms with Crippen LogP contribution in [0.3, 0.4) is 0 Å². The van der Waals surface area contributed by atoms with E-state index in [1.165, 1.54) is 9.66 Å². The zero-order valence-corrected chi connectivity index (χ0v) is 10.7. The minimum absolute atomic E-state index is 0.160. The van der Waals surface area contributed by atoms with Crippen LogP contribution in [0.4, 0.5) is 0 Å². The van der Waals surface area contributed by atoms with Crippen LogP contribution in [0.15, 0.2) is 28.7 Å². The van der Waals surface area contributed by atoms with Gasteiger partial charge in [0.2, 0.25) is 0 Å². The summed E-state index contributed by atoms with van der Waals surface area (Å²) < 4.78 is 1.18. The van der Waals surface area contributed by atoms with Crippen LogP contribution in [0.25, 0.3) is 0 Å². The van der Waals surface area contributed by atoms with E-state index in [-0.39, 0.29) is 5.43 Å². The SMILES string of the molecule is C[Si](=[Zr+2])c1ccc(Br)cc1. The molecule has 0 heterocycles. The first-order valence-electron chi connectivity index (χ1n) is 3.01. The molecule has 3 heteroatoms. The molecule has 0 nitrogen and oxygen atoms in total. The van der Waals surface area contributed by atoms with Gasteiger partial charge in [-0.15, -0.1) is 0 Å². The normalized spacial score (nSPS) is 9.60. The van der Waals surface area contributed by atoms with Crippen molar-refractivity contribution >= 4 is 26.6 Å². The zero-order valence-electron chi connectivity index (χ0n) is 5.69. The fourth-order valence-corrected chi connectivity index (χ4v) is 2.86. The summed E-state index contributed by atoms with van der Waals surface area (Å²) in [5.41, 5.74) is -0.160. The van der Waals surface area contributed by atoms with Crippen molar-refractivity contribution < 1.29 is 23.3 Å².